The summed E-state index contributed by atoms with van der Waals surface area (Å²) >= 11 is 0. The van der Waals surface area contributed by atoms with Crippen LogP contribution in [0.1, 0.15) is 0 Å². The molecule has 9 heavy (non-hydrogen) atoms. The molecule has 4 heteroatoms. The van der Waals surface area contributed by atoms with Gasteiger partial charge in [0.2, 0.25) is 0 Å². The van der Waals surface area contributed by atoms with Crippen LogP contribution in [0, 0.1) is 5.92 Å². The highest BCUT2D eigenvalue weighted by molar-refractivity contribution is 5.94. The van der Waals surface area contributed by atoms with Gasteiger partial charge in [0.15, 0.2) is 5.92 Å². The molecule has 0 heterocycles. The van der Waals surface area contributed by atoms with Crippen molar-refractivity contribution >= 4 is 11.9 Å². The van der Waals surface area contributed by atoms with E-state index in [2.05, 4.69) is 6.58 Å². The molecule has 0 saturated heterocycles. The van der Waals surface area contributed by atoms with Crippen LogP contribution in [0.25, 0.3) is 0 Å². The fourth-order valence-electron chi connectivity index (χ4n) is 0.298. The Hall–Kier alpha value is -1.32. The monoisotopic (exact) mass is 129 g/mol. The number of carboxylic acids is 1. The minimum absolute atomic E-state index is 0.803. The van der Waals surface area contributed by atoms with Gasteiger partial charge in [0.05, 0.1) is 0 Å². The van der Waals surface area contributed by atoms with Crippen molar-refractivity contribution in [2.45, 2.75) is 0 Å². The van der Waals surface area contributed by atoms with Crippen LogP contribution in [-0.4, -0.2) is 17.0 Å². The second kappa shape index (κ2) is 2.86. The molecule has 1 atom stereocenters. The lowest BCUT2D eigenvalue weighted by Gasteiger charge is -1.94. The van der Waals surface area contributed by atoms with Crippen LogP contribution in [0.2, 0.25) is 0 Å². The summed E-state index contributed by atoms with van der Waals surface area (Å²) in [5, 5.41) is 17.9. The van der Waals surface area contributed by atoms with Gasteiger partial charge in [0.25, 0.3) is 0 Å². The van der Waals surface area contributed by atoms with E-state index in [0.29, 0.717) is 0 Å². The predicted octanol–water partition coefficient (Wildman–Crippen LogP) is -0.170. The number of carbonyl (C=O) groups excluding carboxylic acids is 1. The summed E-state index contributed by atoms with van der Waals surface area (Å²) in [6.45, 7) is 3.00. The Bertz CT molecular complexity index is 135. The van der Waals surface area contributed by atoms with E-state index >= 15 is 0 Å². The molecule has 1 N–H and O–H groups in total. The third kappa shape index (κ3) is 1.94. The second-order valence-corrected chi connectivity index (χ2v) is 1.37. The van der Waals surface area contributed by atoms with Gasteiger partial charge in [-0.15, -0.1) is 6.58 Å². The van der Waals surface area contributed by atoms with E-state index in [1.807, 2.05) is 0 Å². The molecule has 0 saturated carbocycles. The molecule has 0 aliphatic carbocycles. The summed E-state index contributed by atoms with van der Waals surface area (Å²) in [7, 11) is 0. The molecule has 49 valence electrons. The van der Waals surface area contributed by atoms with Crippen molar-refractivity contribution in [3.05, 3.63) is 12.7 Å². The van der Waals surface area contributed by atoms with Crippen LogP contribution in [0.4, 0.5) is 0 Å². The van der Waals surface area contributed by atoms with E-state index in [-0.39, 0.29) is 0 Å². The highest BCUT2D eigenvalue weighted by atomic mass is 16.4. The molecular formula is C5H5O4. The average molecular weight is 129 g/mol. The van der Waals surface area contributed by atoms with Crippen LogP contribution in [0.3, 0.4) is 0 Å². The van der Waals surface area contributed by atoms with Gasteiger partial charge in [0, 0.05) is 0 Å². The zero-order valence-corrected chi connectivity index (χ0v) is 4.53. The first-order valence-electron chi connectivity index (χ1n) is 2.15. The van der Waals surface area contributed by atoms with Gasteiger partial charge in [-0.05, 0) is 0 Å². The zero-order chi connectivity index (χ0) is 7.44. The zero-order valence-electron chi connectivity index (χ0n) is 4.53. The van der Waals surface area contributed by atoms with Crippen LogP contribution >= 0.6 is 0 Å². The van der Waals surface area contributed by atoms with E-state index in [1.165, 1.54) is 0 Å². The SMILES string of the molecule is C=CC(C([O])=O)C(=O)O. The number of carboxylic acid groups (broad SMARTS) is 1. The minimum Gasteiger partial charge on any atom is -0.480 e. The molecule has 0 aliphatic rings. The summed E-state index contributed by atoms with van der Waals surface area (Å²) < 4.78 is 0. The summed E-state index contributed by atoms with van der Waals surface area (Å²) in [5.41, 5.74) is 0. The topological polar surface area (TPSA) is 74.3 Å². The summed E-state index contributed by atoms with van der Waals surface area (Å²) in [6.07, 6.45) is 0.803. The number of carbonyl (C=O) groups is 2. The van der Waals surface area contributed by atoms with Crippen molar-refractivity contribution in [2.24, 2.45) is 5.92 Å². The van der Waals surface area contributed by atoms with Gasteiger partial charge in [-0.3, -0.25) is 4.79 Å². The Morgan fingerprint density at radius 1 is 1.56 bits per heavy atom. The molecular weight excluding hydrogens is 124 g/mol. The number of aliphatic carboxylic acids is 1. The Balaban J connectivity index is 4.16. The normalized spacial score (nSPS) is 9.00. The van der Waals surface area contributed by atoms with Gasteiger partial charge in [0.1, 0.15) is 0 Å². The van der Waals surface area contributed by atoms with E-state index < -0.39 is 17.9 Å². The molecule has 0 aliphatic heterocycles. The van der Waals surface area contributed by atoms with E-state index in [1.54, 1.807) is 0 Å². The highest BCUT2D eigenvalue weighted by Crippen LogP contribution is 1.96. The molecule has 0 aromatic carbocycles. The molecule has 4 nitrogen and oxygen atoms in total. The molecule has 0 bridgehead atoms. The number of hydrogen-bond donors (Lipinski definition) is 1. The van der Waals surface area contributed by atoms with Gasteiger partial charge < -0.3 is 5.11 Å². The van der Waals surface area contributed by atoms with Crippen LogP contribution < -0.4 is 0 Å². The van der Waals surface area contributed by atoms with E-state index in [0.717, 1.165) is 6.08 Å². The second-order valence-electron chi connectivity index (χ2n) is 1.37. The third-order valence-corrected chi connectivity index (χ3v) is 0.756. The van der Waals surface area contributed by atoms with Crippen molar-refractivity contribution in [1.29, 1.82) is 0 Å². The Morgan fingerprint density at radius 3 is 2.00 bits per heavy atom. The van der Waals surface area contributed by atoms with Crippen molar-refractivity contribution in [3.63, 3.8) is 0 Å². The molecule has 0 fully saturated rings. The Morgan fingerprint density at radius 2 is 2.00 bits per heavy atom. The molecule has 1 radical (unpaired) electrons. The number of rotatable bonds is 3. The smallest absolute Gasteiger partial charge is 0.373 e. The summed E-state index contributed by atoms with van der Waals surface area (Å²) in [6, 6.07) is 0. The first-order chi connectivity index (χ1) is 4.09. The highest BCUT2D eigenvalue weighted by Gasteiger charge is 2.22. The van der Waals surface area contributed by atoms with E-state index in [9.17, 15) is 14.7 Å². The molecule has 0 rings (SSSR count). The summed E-state index contributed by atoms with van der Waals surface area (Å²) in [4.78, 5) is 19.7. The average Bonchev–Trinajstić information content (AvgIpc) is 1.64. The van der Waals surface area contributed by atoms with Gasteiger partial charge in [-0.25, -0.2) is 9.90 Å². The van der Waals surface area contributed by atoms with Gasteiger partial charge in [-0.1, -0.05) is 6.08 Å². The first-order valence-corrected chi connectivity index (χ1v) is 2.15. The molecule has 0 amide bonds. The van der Waals surface area contributed by atoms with Crippen molar-refractivity contribution in [2.75, 3.05) is 0 Å². The maximum atomic E-state index is 9.88. The lowest BCUT2D eigenvalue weighted by Crippen LogP contribution is -2.19. The van der Waals surface area contributed by atoms with Crippen molar-refractivity contribution in [3.8, 4) is 0 Å². The van der Waals surface area contributed by atoms with Crippen molar-refractivity contribution < 1.29 is 19.8 Å². The van der Waals surface area contributed by atoms with Gasteiger partial charge >= 0.3 is 11.9 Å². The van der Waals surface area contributed by atoms with Crippen LogP contribution in [-0.2, 0) is 14.7 Å². The maximum absolute atomic E-state index is 9.88. The predicted molar refractivity (Wildman–Crippen MR) is 27.0 cm³/mol. The Labute approximate surface area is 51.4 Å². The molecule has 1 unspecified atom stereocenters. The first kappa shape index (κ1) is 7.68. The summed E-state index contributed by atoms with van der Waals surface area (Å²) in [5.74, 6) is -4.69. The van der Waals surface area contributed by atoms with Crippen LogP contribution in [0.15, 0.2) is 12.7 Å². The van der Waals surface area contributed by atoms with Crippen LogP contribution in [0.5, 0.6) is 0 Å². The standard InChI is InChI=1S/C5H5O4/c1-2-3(4(6)7)5(8)9/h2-3H,1H2,(H,6,7). The van der Waals surface area contributed by atoms with Gasteiger partial charge in [-0.2, -0.15) is 0 Å². The lowest BCUT2D eigenvalue weighted by atomic mass is 10.1. The quantitative estimate of drug-likeness (QED) is 0.424. The largest absolute Gasteiger partial charge is 0.480 e. The minimum atomic E-state index is -1.64. The number of hydrogen-bond acceptors (Lipinski definition) is 2. The molecule has 0 aromatic rings. The fraction of sp³-hybridized carbons (Fsp3) is 0.200. The Kier molecular flexibility index (Phi) is 2.44. The molecule has 0 aromatic heterocycles. The fourth-order valence-corrected chi connectivity index (χ4v) is 0.298. The molecule has 0 spiro atoms. The van der Waals surface area contributed by atoms with E-state index in [4.69, 9.17) is 5.11 Å². The maximum Gasteiger partial charge on any atom is 0.373 e. The van der Waals surface area contributed by atoms with Crippen molar-refractivity contribution in [1.82, 2.24) is 0 Å². The lowest BCUT2D eigenvalue weighted by molar-refractivity contribution is -0.155. The third-order valence-electron chi connectivity index (χ3n) is 0.756.